The van der Waals surface area contributed by atoms with Crippen molar-refractivity contribution in [2.75, 3.05) is 7.11 Å². The van der Waals surface area contributed by atoms with Crippen molar-refractivity contribution in [2.24, 2.45) is 11.7 Å². The van der Waals surface area contributed by atoms with E-state index in [0.29, 0.717) is 12.1 Å². The molecule has 0 bridgehead atoms. The Hall–Kier alpha value is -1.88. The maximum absolute atomic E-state index is 12.1. The molecule has 0 spiro atoms. The standard InChI is InChI=1S/C15H22N2O3/c1-4-10(2)13(15(19)20-3)17-14(18)12-7-5-11(9-16)6-8-12/h5-8,10,13H,4,9,16H2,1-3H3,(H,17,18). The third-order valence-electron chi connectivity index (χ3n) is 3.41. The van der Waals surface area contributed by atoms with E-state index < -0.39 is 12.0 Å². The molecule has 0 fully saturated rings. The molecule has 0 aliphatic carbocycles. The number of carbonyl (C=O) groups is 2. The van der Waals surface area contributed by atoms with E-state index in [2.05, 4.69) is 5.32 Å². The second-order valence-electron chi connectivity index (χ2n) is 4.76. The monoisotopic (exact) mass is 278 g/mol. The molecular weight excluding hydrogens is 256 g/mol. The van der Waals surface area contributed by atoms with Crippen LogP contribution in [-0.2, 0) is 16.1 Å². The predicted octanol–water partition coefficient (Wildman–Crippen LogP) is 1.46. The first kappa shape index (κ1) is 16.2. The van der Waals surface area contributed by atoms with Crippen molar-refractivity contribution >= 4 is 11.9 Å². The average Bonchev–Trinajstić information content (AvgIpc) is 2.50. The van der Waals surface area contributed by atoms with Gasteiger partial charge in [-0.3, -0.25) is 4.79 Å². The summed E-state index contributed by atoms with van der Waals surface area (Å²) in [6.45, 7) is 4.29. The zero-order chi connectivity index (χ0) is 15.1. The fraction of sp³-hybridized carbons (Fsp3) is 0.467. The molecule has 1 aromatic rings. The van der Waals surface area contributed by atoms with Crippen molar-refractivity contribution in [1.29, 1.82) is 0 Å². The molecule has 20 heavy (non-hydrogen) atoms. The SMILES string of the molecule is CCC(C)C(NC(=O)c1ccc(CN)cc1)C(=O)OC. The van der Waals surface area contributed by atoms with Crippen LogP contribution in [-0.4, -0.2) is 25.0 Å². The van der Waals surface area contributed by atoms with E-state index in [1.807, 2.05) is 13.8 Å². The average molecular weight is 278 g/mol. The van der Waals surface area contributed by atoms with Gasteiger partial charge in [-0.1, -0.05) is 32.4 Å². The molecule has 1 rings (SSSR count). The number of ether oxygens (including phenoxy) is 1. The van der Waals surface area contributed by atoms with Gasteiger partial charge in [0.05, 0.1) is 7.11 Å². The smallest absolute Gasteiger partial charge is 0.328 e. The highest BCUT2D eigenvalue weighted by Crippen LogP contribution is 2.11. The van der Waals surface area contributed by atoms with Crippen LogP contribution in [0.25, 0.3) is 0 Å². The summed E-state index contributed by atoms with van der Waals surface area (Å²) in [6.07, 6.45) is 0.770. The molecule has 5 heteroatoms. The number of esters is 1. The number of nitrogens with one attached hydrogen (secondary N) is 1. The minimum absolute atomic E-state index is 0.00900. The van der Waals surface area contributed by atoms with Gasteiger partial charge in [0.15, 0.2) is 0 Å². The van der Waals surface area contributed by atoms with Crippen LogP contribution in [0.3, 0.4) is 0 Å². The van der Waals surface area contributed by atoms with Gasteiger partial charge in [0.2, 0.25) is 0 Å². The van der Waals surface area contributed by atoms with Crippen LogP contribution in [0, 0.1) is 5.92 Å². The number of methoxy groups -OCH3 is 1. The van der Waals surface area contributed by atoms with Crippen LogP contribution in [0.2, 0.25) is 0 Å². The van der Waals surface area contributed by atoms with Gasteiger partial charge in [-0.15, -0.1) is 0 Å². The first-order valence-electron chi connectivity index (χ1n) is 6.71. The molecule has 5 nitrogen and oxygen atoms in total. The number of hydrogen-bond acceptors (Lipinski definition) is 4. The first-order valence-corrected chi connectivity index (χ1v) is 6.71. The Balaban J connectivity index is 2.81. The van der Waals surface area contributed by atoms with Crippen molar-refractivity contribution in [3.8, 4) is 0 Å². The van der Waals surface area contributed by atoms with Gasteiger partial charge >= 0.3 is 5.97 Å². The highest BCUT2D eigenvalue weighted by Gasteiger charge is 2.26. The Morgan fingerprint density at radius 1 is 1.30 bits per heavy atom. The van der Waals surface area contributed by atoms with Gasteiger partial charge in [-0.2, -0.15) is 0 Å². The van der Waals surface area contributed by atoms with E-state index >= 15 is 0 Å². The fourth-order valence-corrected chi connectivity index (χ4v) is 1.81. The van der Waals surface area contributed by atoms with Crippen molar-refractivity contribution in [3.05, 3.63) is 35.4 Å². The van der Waals surface area contributed by atoms with E-state index in [4.69, 9.17) is 10.5 Å². The van der Waals surface area contributed by atoms with Crippen LogP contribution >= 0.6 is 0 Å². The molecule has 0 aromatic heterocycles. The highest BCUT2D eigenvalue weighted by atomic mass is 16.5. The summed E-state index contributed by atoms with van der Waals surface area (Å²) in [5, 5.41) is 2.73. The van der Waals surface area contributed by atoms with Gasteiger partial charge in [-0.05, 0) is 23.6 Å². The quantitative estimate of drug-likeness (QED) is 0.772. The zero-order valence-electron chi connectivity index (χ0n) is 12.2. The molecular formula is C15H22N2O3. The molecule has 1 aromatic carbocycles. The van der Waals surface area contributed by atoms with E-state index in [-0.39, 0.29) is 11.8 Å². The Labute approximate surface area is 119 Å². The lowest BCUT2D eigenvalue weighted by Gasteiger charge is -2.21. The largest absolute Gasteiger partial charge is 0.467 e. The van der Waals surface area contributed by atoms with Gasteiger partial charge in [0.25, 0.3) is 5.91 Å². The lowest BCUT2D eigenvalue weighted by Crippen LogP contribution is -2.45. The zero-order valence-corrected chi connectivity index (χ0v) is 12.2. The second kappa shape index (κ2) is 7.65. The third-order valence-corrected chi connectivity index (χ3v) is 3.41. The van der Waals surface area contributed by atoms with Crippen LogP contribution in [0.1, 0.15) is 36.2 Å². The molecule has 0 saturated heterocycles. The third kappa shape index (κ3) is 4.06. The molecule has 110 valence electrons. The number of benzene rings is 1. The normalized spacial score (nSPS) is 13.4. The van der Waals surface area contributed by atoms with Crippen LogP contribution < -0.4 is 11.1 Å². The van der Waals surface area contributed by atoms with Crippen LogP contribution in [0.4, 0.5) is 0 Å². The fourth-order valence-electron chi connectivity index (χ4n) is 1.81. The maximum atomic E-state index is 12.1. The van der Waals surface area contributed by atoms with Gasteiger partial charge in [-0.25, -0.2) is 4.79 Å². The minimum Gasteiger partial charge on any atom is -0.467 e. The lowest BCUT2D eigenvalue weighted by atomic mass is 9.98. The molecule has 1 amide bonds. The number of rotatable bonds is 6. The molecule has 0 radical (unpaired) electrons. The van der Waals surface area contributed by atoms with E-state index in [1.165, 1.54) is 7.11 Å². The molecule has 0 aliphatic heterocycles. The molecule has 0 heterocycles. The van der Waals surface area contributed by atoms with Crippen LogP contribution in [0.5, 0.6) is 0 Å². The maximum Gasteiger partial charge on any atom is 0.328 e. The molecule has 3 N–H and O–H groups in total. The molecule has 2 unspecified atom stereocenters. The van der Waals surface area contributed by atoms with Crippen LogP contribution in [0.15, 0.2) is 24.3 Å². The van der Waals surface area contributed by atoms with Crippen molar-refractivity contribution in [2.45, 2.75) is 32.9 Å². The predicted molar refractivity (Wildman–Crippen MR) is 77.1 cm³/mol. The highest BCUT2D eigenvalue weighted by molar-refractivity contribution is 5.96. The topological polar surface area (TPSA) is 81.4 Å². The lowest BCUT2D eigenvalue weighted by molar-refractivity contribution is -0.144. The summed E-state index contributed by atoms with van der Waals surface area (Å²) >= 11 is 0. The Morgan fingerprint density at radius 2 is 1.90 bits per heavy atom. The van der Waals surface area contributed by atoms with E-state index in [9.17, 15) is 9.59 Å². The van der Waals surface area contributed by atoms with E-state index in [1.54, 1.807) is 24.3 Å². The summed E-state index contributed by atoms with van der Waals surface area (Å²) in [5.74, 6) is -0.703. The summed E-state index contributed by atoms with van der Waals surface area (Å²) in [4.78, 5) is 23.9. The number of nitrogens with two attached hydrogens (primary N) is 1. The Kier molecular flexibility index (Phi) is 6.18. The molecule has 0 saturated carbocycles. The summed E-state index contributed by atoms with van der Waals surface area (Å²) < 4.78 is 4.74. The first-order chi connectivity index (χ1) is 9.53. The number of amides is 1. The molecule has 0 aliphatic rings. The summed E-state index contributed by atoms with van der Waals surface area (Å²) in [5.41, 5.74) is 6.96. The van der Waals surface area contributed by atoms with Crippen molar-refractivity contribution in [3.63, 3.8) is 0 Å². The molecule has 2 atom stereocenters. The Bertz CT molecular complexity index is 457. The minimum atomic E-state index is -0.633. The van der Waals surface area contributed by atoms with Gasteiger partial charge in [0.1, 0.15) is 6.04 Å². The Morgan fingerprint density at radius 3 is 2.35 bits per heavy atom. The van der Waals surface area contributed by atoms with Crippen molar-refractivity contribution < 1.29 is 14.3 Å². The van der Waals surface area contributed by atoms with Crippen molar-refractivity contribution in [1.82, 2.24) is 5.32 Å². The summed E-state index contributed by atoms with van der Waals surface area (Å²) in [7, 11) is 1.32. The van der Waals surface area contributed by atoms with E-state index in [0.717, 1.165) is 12.0 Å². The second-order valence-corrected chi connectivity index (χ2v) is 4.76. The summed E-state index contributed by atoms with van der Waals surface area (Å²) in [6, 6.07) is 6.35. The number of carbonyl (C=O) groups excluding carboxylic acids is 2. The van der Waals surface area contributed by atoms with Gasteiger partial charge < -0.3 is 15.8 Å². The van der Waals surface area contributed by atoms with Gasteiger partial charge in [0, 0.05) is 12.1 Å². The number of hydrogen-bond donors (Lipinski definition) is 2.